The number of hydrogen-bond donors (Lipinski definition) is 1. The second-order valence-electron chi connectivity index (χ2n) is 3.41. The van der Waals surface area contributed by atoms with Gasteiger partial charge in [-0.1, -0.05) is 25.1 Å². The van der Waals surface area contributed by atoms with Crippen molar-refractivity contribution in [3.05, 3.63) is 12.4 Å². The van der Waals surface area contributed by atoms with E-state index in [1.807, 2.05) is 38.3 Å². The third-order valence-corrected chi connectivity index (χ3v) is 3.46. The molecule has 0 radical (unpaired) electrons. The average molecular weight is 213 g/mol. The van der Waals surface area contributed by atoms with Crippen LogP contribution in [0.1, 0.15) is 19.8 Å². The molecule has 4 heteroatoms. The van der Waals surface area contributed by atoms with Gasteiger partial charge in [0.15, 0.2) is 5.16 Å². The van der Waals surface area contributed by atoms with Gasteiger partial charge in [-0.25, -0.2) is 4.98 Å². The normalized spacial score (nSPS) is 13.1. The Balaban J connectivity index is 2.35. The van der Waals surface area contributed by atoms with Crippen LogP contribution in [0.3, 0.4) is 0 Å². The molecule has 0 aliphatic heterocycles. The number of nitrogens with one attached hydrogen (secondary N) is 1. The molecule has 1 aromatic rings. The molecule has 0 aliphatic carbocycles. The molecule has 0 bridgehead atoms. The Kier molecular flexibility index (Phi) is 5.04. The van der Waals surface area contributed by atoms with Crippen molar-refractivity contribution in [3.63, 3.8) is 0 Å². The zero-order valence-electron chi connectivity index (χ0n) is 9.16. The molecule has 0 aromatic carbocycles. The van der Waals surface area contributed by atoms with Crippen molar-refractivity contribution >= 4 is 11.8 Å². The highest BCUT2D eigenvalue weighted by Gasteiger charge is 2.07. The van der Waals surface area contributed by atoms with Crippen molar-refractivity contribution in [2.24, 2.45) is 7.05 Å². The van der Waals surface area contributed by atoms with E-state index in [9.17, 15) is 0 Å². The minimum atomic E-state index is 0.599. The van der Waals surface area contributed by atoms with Gasteiger partial charge in [0.25, 0.3) is 0 Å². The van der Waals surface area contributed by atoms with Crippen LogP contribution in [0.15, 0.2) is 17.6 Å². The summed E-state index contributed by atoms with van der Waals surface area (Å²) in [6.07, 6.45) is 6.29. The van der Waals surface area contributed by atoms with Crippen LogP contribution >= 0.6 is 11.8 Å². The van der Waals surface area contributed by atoms with Crippen LogP contribution in [0, 0.1) is 0 Å². The van der Waals surface area contributed by atoms with Crippen LogP contribution in [-0.2, 0) is 7.05 Å². The van der Waals surface area contributed by atoms with Crippen LogP contribution in [-0.4, -0.2) is 28.4 Å². The summed E-state index contributed by atoms with van der Waals surface area (Å²) in [6.45, 7) is 2.22. The van der Waals surface area contributed by atoms with Crippen molar-refractivity contribution in [3.8, 4) is 0 Å². The summed E-state index contributed by atoms with van der Waals surface area (Å²) in [5.41, 5.74) is 0. The maximum atomic E-state index is 4.28. The zero-order chi connectivity index (χ0) is 10.4. The van der Waals surface area contributed by atoms with Crippen LogP contribution in [0.5, 0.6) is 0 Å². The standard InChI is InChI=1S/C10H19N3S/c1-4-5-9(11-2)8-14-10-12-6-7-13(10)3/h6-7,9,11H,4-5,8H2,1-3H3. The van der Waals surface area contributed by atoms with E-state index in [1.165, 1.54) is 12.8 Å². The monoisotopic (exact) mass is 213 g/mol. The van der Waals surface area contributed by atoms with Gasteiger partial charge in [0.2, 0.25) is 0 Å². The van der Waals surface area contributed by atoms with Gasteiger partial charge < -0.3 is 9.88 Å². The molecule has 3 nitrogen and oxygen atoms in total. The van der Waals surface area contributed by atoms with Gasteiger partial charge in [-0.2, -0.15) is 0 Å². The maximum Gasteiger partial charge on any atom is 0.167 e. The summed E-state index contributed by atoms with van der Waals surface area (Å²) in [5.74, 6) is 1.09. The summed E-state index contributed by atoms with van der Waals surface area (Å²) in [4.78, 5) is 4.28. The van der Waals surface area contributed by atoms with Crippen molar-refractivity contribution in [1.29, 1.82) is 0 Å². The number of rotatable bonds is 6. The lowest BCUT2D eigenvalue weighted by atomic mass is 10.2. The third-order valence-electron chi connectivity index (χ3n) is 2.24. The number of thioether (sulfide) groups is 1. The smallest absolute Gasteiger partial charge is 0.167 e. The highest BCUT2D eigenvalue weighted by atomic mass is 32.2. The molecule has 80 valence electrons. The van der Waals surface area contributed by atoms with Crippen LogP contribution in [0.2, 0.25) is 0 Å². The number of imidazole rings is 1. The van der Waals surface area contributed by atoms with Crippen LogP contribution < -0.4 is 5.32 Å². The Morgan fingerprint density at radius 3 is 2.93 bits per heavy atom. The van der Waals surface area contributed by atoms with Crippen molar-refractivity contribution < 1.29 is 0 Å². The lowest BCUT2D eigenvalue weighted by Crippen LogP contribution is -2.27. The summed E-state index contributed by atoms with van der Waals surface area (Å²) in [6, 6.07) is 0.599. The fourth-order valence-corrected chi connectivity index (χ4v) is 2.41. The Bertz CT molecular complexity index is 260. The predicted molar refractivity (Wildman–Crippen MR) is 61.7 cm³/mol. The molecular formula is C10H19N3S. The van der Waals surface area contributed by atoms with Gasteiger partial charge in [-0.3, -0.25) is 0 Å². The number of hydrogen-bond acceptors (Lipinski definition) is 3. The molecule has 0 saturated carbocycles. The molecule has 1 atom stereocenters. The Morgan fingerprint density at radius 2 is 2.43 bits per heavy atom. The molecule has 0 amide bonds. The van der Waals surface area contributed by atoms with Gasteiger partial charge in [0, 0.05) is 31.2 Å². The Hall–Kier alpha value is -0.480. The van der Waals surface area contributed by atoms with Crippen molar-refractivity contribution in [2.75, 3.05) is 12.8 Å². The van der Waals surface area contributed by atoms with Crippen LogP contribution in [0.25, 0.3) is 0 Å². The van der Waals surface area contributed by atoms with E-state index >= 15 is 0 Å². The van der Waals surface area contributed by atoms with Gasteiger partial charge in [0.05, 0.1) is 0 Å². The summed E-state index contributed by atoms with van der Waals surface area (Å²) in [5, 5.41) is 4.43. The molecule has 0 fully saturated rings. The van der Waals surface area contributed by atoms with E-state index in [0.717, 1.165) is 10.9 Å². The summed E-state index contributed by atoms with van der Waals surface area (Å²) >= 11 is 1.82. The number of nitrogens with zero attached hydrogens (tertiary/aromatic N) is 2. The van der Waals surface area contributed by atoms with E-state index in [0.29, 0.717) is 6.04 Å². The van der Waals surface area contributed by atoms with Gasteiger partial charge in [0.1, 0.15) is 0 Å². The summed E-state index contributed by atoms with van der Waals surface area (Å²) in [7, 11) is 4.06. The Morgan fingerprint density at radius 1 is 1.64 bits per heavy atom. The SMILES string of the molecule is CCCC(CSc1nccn1C)NC. The quantitative estimate of drug-likeness (QED) is 0.732. The molecule has 14 heavy (non-hydrogen) atoms. The van der Waals surface area contributed by atoms with Crippen LogP contribution in [0.4, 0.5) is 0 Å². The van der Waals surface area contributed by atoms with Gasteiger partial charge >= 0.3 is 0 Å². The van der Waals surface area contributed by atoms with Crippen molar-refractivity contribution in [1.82, 2.24) is 14.9 Å². The first-order chi connectivity index (χ1) is 6.77. The molecule has 1 aromatic heterocycles. The van der Waals surface area contributed by atoms with E-state index in [2.05, 4.69) is 21.8 Å². The van der Waals surface area contributed by atoms with E-state index < -0.39 is 0 Å². The molecule has 0 spiro atoms. The Labute approximate surface area is 90.3 Å². The minimum Gasteiger partial charge on any atom is -0.329 e. The topological polar surface area (TPSA) is 29.9 Å². The molecule has 1 N–H and O–H groups in total. The molecular weight excluding hydrogens is 194 g/mol. The third kappa shape index (κ3) is 3.35. The highest BCUT2D eigenvalue weighted by Crippen LogP contribution is 2.16. The van der Waals surface area contributed by atoms with E-state index in [1.54, 1.807) is 0 Å². The number of aromatic nitrogens is 2. The molecule has 0 saturated heterocycles. The predicted octanol–water partition coefficient (Wildman–Crippen LogP) is 1.90. The lowest BCUT2D eigenvalue weighted by Gasteiger charge is -2.13. The first-order valence-corrected chi connectivity index (χ1v) is 6.03. The molecule has 1 heterocycles. The van der Waals surface area contributed by atoms with Gasteiger partial charge in [-0.15, -0.1) is 0 Å². The summed E-state index contributed by atoms with van der Waals surface area (Å²) < 4.78 is 2.06. The fourth-order valence-electron chi connectivity index (χ4n) is 1.33. The second-order valence-corrected chi connectivity index (χ2v) is 4.39. The van der Waals surface area contributed by atoms with Crippen molar-refractivity contribution in [2.45, 2.75) is 31.0 Å². The largest absolute Gasteiger partial charge is 0.329 e. The zero-order valence-corrected chi connectivity index (χ0v) is 9.97. The average Bonchev–Trinajstić information content (AvgIpc) is 2.59. The molecule has 1 unspecified atom stereocenters. The molecule has 0 aliphatic rings. The first-order valence-electron chi connectivity index (χ1n) is 5.05. The van der Waals surface area contributed by atoms with Gasteiger partial charge in [-0.05, 0) is 13.5 Å². The molecule has 1 rings (SSSR count). The fraction of sp³-hybridized carbons (Fsp3) is 0.700. The first kappa shape index (κ1) is 11.6. The van der Waals surface area contributed by atoms with E-state index in [4.69, 9.17) is 0 Å². The highest BCUT2D eigenvalue weighted by molar-refractivity contribution is 7.99. The second kappa shape index (κ2) is 6.09. The maximum absolute atomic E-state index is 4.28. The minimum absolute atomic E-state index is 0.599. The lowest BCUT2D eigenvalue weighted by molar-refractivity contribution is 0.564. The van der Waals surface area contributed by atoms with E-state index in [-0.39, 0.29) is 0 Å². The number of aryl methyl sites for hydroxylation is 1.